The Hall–Kier alpha value is -1.08. The second kappa shape index (κ2) is 6.38. The molecule has 1 heterocycles. The van der Waals surface area contributed by atoms with Gasteiger partial charge in [0.2, 0.25) is 0 Å². The second-order valence-corrected chi connectivity index (χ2v) is 6.19. The summed E-state index contributed by atoms with van der Waals surface area (Å²) in [4.78, 5) is 0. The van der Waals surface area contributed by atoms with Crippen LogP contribution in [0.15, 0.2) is 33.4 Å². The Kier molecular flexibility index (Phi) is 4.81. The smallest absolute Gasteiger partial charge is 0.161 e. The Balaban J connectivity index is 2.38. The summed E-state index contributed by atoms with van der Waals surface area (Å²) < 4.78 is 11.6. The molecule has 19 heavy (non-hydrogen) atoms. The van der Waals surface area contributed by atoms with E-state index in [9.17, 15) is 0 Å². The van der Waals surface area contributed by atoms with Gasteiger partial charge in [-0.05, 0) is 50.6 Å². The van der Waals surface area contributed by atoms with Crippen LogP contribution in [0.3, 0.4) is 0 Å². The minimum absolute atomic E-state index is 0.0812. The van der Waals surface area contributed by atoms with Gasteiger partial charge in [-0.3, -0.25) is 5.84 Å². The van der Waals surface area contributed by atoms with E-state index in [1.807, 2.05) is 24.3 Å². The van der Waals surface area contributed by atoms with E-state index in [1.54, 1.807) is 25.6 Å². The summed E-state index contributed by atoms with van der Waals surface area (Å²) in [5.41, 5.74) is 4.95. The highest BCUT2D eigenvalue weighted by atomic mass is 79.9. The molecule has 0 fully saturated rings. The highest BCUT2D eigenvalue weighted by molar-refractivity contribution is 9.11. The Morgan fingerprint density at radius 3 is 2.42 bits per heavy atom. The van der Waals surface area contributed by atoms with Gasteiger partial charge in [-0.15, -0.1) is 11.3 Å². The van der Waals surface area contributed by atoms with Crippen molar-refractivity contribution >= 4 is 27.3 Å². The summed E-state index contributed by atoms with van der Waals surface area (Å²) in [6.07, 6.45) is 0. The lowest BCUT2D eigenvalue weighted by Crippen LogP contribution is -2.28. The molecule has 0 aliphatic heterocycles. The molecule has 1 aromatic heterocycles. The van der Waals surface area contributed by atoms with Gasteiger partial charge in [0.1, 0.15) is 0 Å². The molecule has 1 unspecified atom stereocenters. The molecule has 1 aromatic carbocycles. The molecule has 0 radical (unpaired) electrons. The Morgan fingerprint density at radius 2 is 1.89 bits per heavy atom. The fourth-order valence-electron chi connectivity index (χ4n) is 1.89. The highest BCUT2D eigenvalue weighted by Gasteiger charge is 2.16. The molecule has 0 bridgehead atoms. The molecular formula is C13H15BrN2O2S. The lowest BCUT2D eigenvalue weighted by Gasteiger charge is -2.17. The SMILES string of the molecule is COc1ccc(C(NN)c2csc(Br)c2)cc1OC. The van der Waals surface area contributed by atoms with E-state index in [0.29, 0.717) is 11.5 Å². The molecule has 4 nitrogen and oxygen atoms in total. The third kappa shape index (κ3) is 3.09. The van der Waals surface area contributed by atoms with Crippen LogP contribution in [0, 0.1) is 0 Å². The number of rotatable bonds is 5. The van der Waals surface area contributed by atoms with Crippen molar-refractivity contribution in [2.75, 3.05) is 14.2 Å². The quantitative estimate of drug-likeness (QED) is 0.647. The summed E-state index contributed by atoms with van der Waals surface area (Å²) in [7, 11) is 3.24. The number of benzene rings is 1. The summed E-state index contributed by atoms with van der Waals surface area (Å²) in [6.45, 7) is 0. The fourth-order valence-corrected chi connectivity index (χ4v) is 3.09. The summed E-state index contributed by atoms with van der Waals surface area (Å²) >= 11 is 5.08. The highest BCUT2D eigenvalue weighted by Crippen LogP contribution is 2.34. The molecule has 2 aromatic rings. The maximum Gasteiger partial charge on any atom is 0.161 e. The molecule has 2 rings (SSSR count). The molecule has 0 aliphatic rings. The van der Waals surface area contributed by atoms with Gasteiger partial charge in [0, 0.05) is 0 Å². The number of ether oxygens (including phenoxy) is 2. The minimum Gasteiger partial charge on any atom is -0.493 e. The van der Waals surface area contributed by atoms with Gasteiger partial charge in [-0.2, -0.15) is 0 Å². The molecule has 102 valence electrons. The van der Waals surface area contributed by atoms with Crippen LogP contribution >= 0.6 is 27.3 Å². The topological polar surface area (TPSA) is 56.5 Å². The van der Waals surface area contributed by atoms with Gasteiger partial charge in [-0.25, -0.2) is 5.43 Å². The number of halogens is 1. The van der Waals surface area contributed by atoms with Crippen LogP contribution in [0.25, 0.3) is 0 Å². The lowest BCUT2D eigenvalue weighted by molar-refractivity contribution is 0.354. The number of methoxy groups -OCH3 is 2. The number of hydrazine groups is 1. The van der Waals surface area contributed by atoms with Gasteiger partial charge in [0.15, 0.2) is 11.5 Å². The molecule has 0 saturated carbocycles. The normalized spacial score (nSPS) is 12.2. The molecule has 6 heteroatoms. The van der Waals surface area contributed by atoms with Crippen molar-refractivity contribution in [3.05, 3.63) is 44.6 Å². The van der Waals surface area contributed by atoms with Gasteiger partial charge < -0.3 is 9.47 Å². The van der Waals surface area contributed by atoms with Crippen LogP contribution < -0.4 is 20.7 Å². The molecule has 0 aliphatic carbocycles. The minimum atomic E-state index is -0.0812. The number of hydrogen-bond donors (Lipinski definition) is 2. The third-order valence-corrected chi connectivity index (χ3v) is 4.35. The van der Waals surface area contributed by atoms with Crippen molar-refractivity contribution < 1.29 is 9.47 Å². The Bertz CT molecular complexity index is 559. The first-order valence-corrected chi connectivity index (χ1v) is 7.28. The number of hydrogen-bond acceptors (Lipinski definition) is 5. The zero-order chi connectivity index (χ0) is 13.8. The van der Waals surface area contributed by atoms with E-state index >= 15 is 0 Å². The number of nitrogens with two attached hydrogens (primary N) is 1. The monoisotopic (exact) mass is 342 g/mol. The van der Waals surface area contributed by atoms with E-state index in [-0.39, 0.29) is 6.04 Å². The van der Waals surface area contributed by atoms with Crippen molar-refractivity contribution in [2.24, 2.45) is 5.84 Å². The van der Waals surface area contributed by atoms with Crippen molar-refractivity contribution in [1.82, 2.24) is 5.43 Å². The molecule has 3 N–H and O–H groups in total. The first-order valence-electron chi connectivity index (χ1n) is 5.61. The van der Waals surface area contributed by atoms with Gasteiger partial charge in [0.25, 0.3) is 0 Å². The third-order valence-electron chi connectivity index (χ3n) is 2.83. The summed E-state index contributed by atoms with van der Waals surface area (Å²) in [5, 5.41) is 2.06. The van der Waals surface area contributed by atoms with E-state index in [2.05, 4.69) is 26.7 Å². The van der Waals surface area contributed by atoms with Crippen LogP contribution in [0.5, 0.6) is 11.5 Å². The first kappa shape index (κ1) is 14.3. The molecular weight excluding hydrogens is 328 g/mol. The zero-order valence-electron chi connectivity index (χ0n) is 10.6. The molecule has 1 atom stereocenters. The fraction of sp³-hybridized carbons (Fsp3) is 0.231. The van der Waals surface area contributed by atoms with Crippen LogP contribution in [0.4, 0.5) is 0 Å². The van der Waals surface area contributed by atoms with Crippen LogP contribution in [0.2, 0.25) is 0 Å². The van der Waals surface area contributed by atoms with E-state index < -0.39 is 0 Å². The number of thiophene rings is 1. The maximum absolute atomic E-state index is 5.68. The van der Waals surface area contributed by atoms with Crippen molar-refractivity contribution in [1.29, 1.82) is 0 Å². The van der Waals surface area contributed by atoms with E-state index in [1.165, 1.54) is 0 Å². The maximum atomic E-state index is 5.68. The largest absolute Gasteiger partial charge is 0.493 e. The molecule has 0 saturated heterocycles. The van der Waals surface area contributed by atoms with Crippen LogP contribution in [-0.4, -0.2) is 14.2 Å². The average molecular weight is 343 g/mol. The van der Waals surface area contributed by atoms with Gasteiger partial charge in [-0.1, -0.05) is 6.07 Å². The second-order valence-electron chi connectivity index (χ2n) is 3.90. The number of nitrogens with one attached hydrogen (secondary N) is 1. The molecule has 0 spiro atoms. The average Bonchev–Trinajstić information content (AvgIpc) is 2.86. The Labute approximate surface area is 124 Å². The molecule has 0 amide bonds. The van der Waals surface area contributed by atoms with Crippen LogP contribution in [-0.2, 0) is 0 Å². The van der Waals surface area contributed by atoms with Crippen molar-refractivity contribution in [2.45, 2.75) is 6.04 Å². The van der Waals surface area contributed by atoms with Crippen molar-refractivity contribution in [3.8, 4) is 11.5 Å². The van der Waals surface area contributed by atoms with Crippen LogP contribution in [0.1, 0.15) is 17.2 Å². The standard InChI is InChI=1S/C13H15BrN2O2S/c1-17-10-4-3-8(5-11(10)18-2)13(16-15)9-6-12(14)19-7-9/h3-7,13,16H,15H2,1-2H3. The summed E-state index contributed by atoms with van der Waals surface area (Å²) in [5.74, 6) is 7.07. The predicted molar refractivity (Wildman–Crippen MR) is 80.7 cm³/mol. The van der Waals surface area contributed by atoms with E-state index in [0.717, 1.165) is 14.9 Å². The first-order chi connectivity index (χ1) is 9.19. The van der Waals surface area contributed by atoms with E-state index in [4.69, 9.17) is 15.3 Å². The van der Waals surface area contributed by atoms with Gasteiger partial charge in [0.05, 0.1) is 24.0 Å². The van der Waals surface area contributed by atoms with Crippen molar-refractivity contribution in [3.63, 3.8) is 0 Å². The zero-order valence-corrected chi connectivity index (χ0v) is 13.0. The lowest BCUT2D eigenvalue weighted by atomic mass is 10.0. The predicted octanol–water partition coefficient (Wildman–Crippen LogP) is 3.08. The Morgan fingerprint density at radius 1 is 1.16 bits per heavy atom. The summed E-state index contributed by atoms with van der Waals surface area (Å²) in [6, 6.07) is 7.74. The van der Waals surface area contributed by atoms with Gasteiger partial charge >= 0.3 is 0 Å².